The highest BCUT2D eigenvalue weighted by atomic mass is 32.2. The van der Waals surface area contributed by atoms with Gasteiger partial charge in [0.2, 0.25) is 5.95 Å². The van der Waals surface area contributed by atoms with E-state index in [1.807, 2.05) is 30.5 Å². The maximum Gasteiger partial charge on any atom is 0.337 e. The van der Waals surface area contributed by atoms with Gasteiger partial charge in [-0.3, -0.25) is 0 Å². The molecule has 24 heavy (non-hydrogen) atoms. The molecule has 1 aliphatic heterocycles. The van der Waals surface area contributed by atoms with Gasteiger partial charge in [-0.05, 0) is 36.6 Å². The number of aliphatic carboxylic acids is 1. The number of nitrogens with zero attached hydrogens (tertiary/aromatic N) is 2. The van der Waals surface area contributed by atoms with Crippen LogP contribution in [0.3, 0.4) is 0 Å². The number of anilines is 2. The molecule has 0 fully saturated rings. The molecule has 4 rings (SSSR count). The normalized spacial score (nSPS) is 18.6. The van der Waals surface area contributed by atoms with Gasteiger partial charge in [-0.1, -0.05) is 17.8 Å². The zero-order valence-corrected chi connectivity index (χ0v) is 14.2. The molecule has 0 saturated carbocycles. The Kier molecular flexibility index (Phi) is 3.85. The number of thiol groups is 1. The first-order chi connectivity index (χ1) is 11.6. The summed E-state index contributed by atoms with van der Waals surface area (Å²) in [6.07, 6.45) is 3.41. The average molecular weight is 358 g/mol. The molecule has 0 saturated heterocycles. The lowest BCUT2D eigenvalue weighted by molar-refractivity contribution is -0.136. The summed E-state index contributed by atoms with van der Waals surface area (Å²) in [6.45, 7) is 0. The quantitative estimate of drug-likeness (QED) is 0.628. The largest absolute Gasteiger partial charge is 0.479 e. The van der Waals surface area contributed by atoms with E-state index < -0.39 is 11.3 Å². The van der Waals surface area contributed by atoms with E-state index in [-0.39, 0.29) is 0 Å². The summed E-state index contributed by atoms with van der Waals surface area (Å²) < 4.78 is 0. The SMILES string of the molecule is O=C(O)C1NC2=C(S1)c1nc(Nc3cccc(S)c3)ncc1CC2. The van der Waals surface area contributed by atoms with Gasteiger partial charge in [0.05, 0.1) is 10.6 Å². The molecule has 6 nitrogen and oxygen atoms in total. The molecule has 1 aliphatic carbocycles. The Morgan fingerprint density at radius 1 is 1.42 bits per heavy atom. The lowest BCUT2D eigenvalue weighted by Gasteiger charge is -2.17. The number of aryl methyl sites for hydroxylation is 1. The number of aromatic nitrogens is 2. The molecule has 1 atom stereocenters. The van der Waals surface area contributed by atoms with E-state index in [0.29, 0.717) is 5.95 Å². The summed E-state index contributed by atoms with van der Waals surface area (Å²) in [5.41, 5.74) is 3.68. The highest BCUT2D eigenvalue weighted by Gasteiger charge is 2.34. The minimum atomic E-state index is -0.867. The second kappa shape index (κ2) is 6.03. The fraction of sp³-hybridized carbons (Fsp3) is 0.188. The summed E-state index contributed by atoms with van der Waals surface area (Å²) in [6, 6.07) is 7.60. The van der Waals surface area contributed by atoms with Crippen LogP contribution in [0.25, 0.3) is 4.91 Å². The number of fused-ring (bicyclic) bond motifs is 2. The molecule has 3 N–H and O–H groups in total. The Balaban J connectivity index is 1.65. The molecule has 0 spiro atoms. The first kappa shape index (κ1) is 15.3. The van der Waals surface area contributed by atoms with E-state index in [1.54, 1.807) is 0 Å². The van der Waals surface area contributed by atoms with Crippen LogP contribution in [-0.2, 0) is 11.2 Å². The molecule has 8 heteroatoms. The Morgan fingerprint density at radius 3 is 3.08 bits per heavy atom. The molecule has 122 valence electrons. The molecule has 2 heterocycles. The molecule has 0 radical (unpaired) electrons. The van der Waals surface area contributed by atoms with Crippen LogP contribution in [0.4, 0.5) is 11.6 Å². The molecule has 2 aliphatic rings. The third-order valence-corrected chi connectivity index (χ3v) is 5.37. The van der Waals surface area contributed by atoms with Gasteiger partial charge in [0.15, 0.2) is 5.37 Å². The van der Waals surface area contributed by atoms with Crippen LogP contribution in [0.15, 0.2) is 41.1 Å². The van der Waals surface area contributed by atoms with Crippen LogP contribution < -0.4 is 10.6 Å². The van der Waals surface area contributed by atoms with Gasteiger partial charge in [0.1, 0.15) is 0 Å². The van der Waals surface area contributed by atoms with Gasteiger partial charge in [0.25, 0.3) is 0 Å². The molecular formula is C16H14N4O2S2. The highest BCUT2D eigenvalue weighted by molar-refractivity contribution is 8.09. The topological polar surface area (TPSA) is 87.1 Å². The number of carbonyl (C=O) groups is 1. The lowest BCUT2D eigenvalue weighted by atomic mass is 10.0. The monoisotopic (exact) mass is 358 g/mol. The summed E-state index contributed by atoms with van der Waals surface area (Å²) in [5.74, 6) is -0.380. The van der Waals surface area contributed by atoms with Crippen LogP contribution in [0.1, 0.15) is 17.7 Å². The highest BCUT2D eigenvalue weighted by Crippen LogP contribution is 2.43. The third kappa shape index (κ3) is 2.83. The number of carboxylic acids is 1. The van der Waals surface area contributed by atoms with Crippen molar-refractivity contribution in [2.75, 3.05) is 5.32 Å². The van der Waals surface area contributed by atoms with Crippen molar-refractivity contribution in [1.29, 1.82) is 0 Å². The van der Waals surface area contributed by atoms with Crippen molar-refractivity contribution < 1.29 is 9.90 Å². The van der Waals surface area contributed by atoms with Crippen LogP contribution >= 0.6 is 24.4 Å². The maximum atomic E-state index is 11.2. The fourth-order valence-electron chi connectivity index (χ4n) is 2.76. The number of nitrogens with one attached hydrogen (secondary N) is 2. The summed E-state index contributed by atoms with van der Waals surface area (Å²) in [4.78, 5) is 22.0. The third-order valence-electron chi connectivity index (χ3n) is 3.87. The molecule has 1 unspecified atom stereocenters. The Bertz CT molecular complexity index is 869. The zero-order valence-electron chi connectivity index (χ0n) is 12.5. The second-order valence-electron chi connectivity index (χ2n) is 5.53. The van der Waals surface area contributed by atoms with E-state index in [1.165, 1.54) is 11.8 Å². The number of benzene rings is 1. The van der Waals surface area contributed by atoms with Crippen molar-refractivity contribution in [3.63, 3.8) is 0 Å². The number of thioether (sulfide) groups is 1. The number of hydrogen-bond acceptors (Lipinski definition) is 7. The number of carboxylic acid groups (broad SMARTS) is 1. The molecule has 2 aromatic rings. The van der Waals surface area contributed by atoms with E-state index in [0.717, 1.165) is 45.3 Å². The van der Waals surface area contributed by atoms with Crippen LogP contribution in [0, 0.1) is 0 Å². The zero-order chi connectivity index (χ0) is 16.7. The predicted molar refractivity (Wildman–Crippen MR) is 96.4 cm³/mol. The first-order valence-corrected chi connectivity index (χ1v) is 8.74. The predicted octanol–water partition coefficient (Wildman–Crippen LogP) is 2.87. The van der Waals surface area contributed by atoms with Crippen LogP contribution in [0.5, 0.6) is 0 Å². The summed E-state index contributed by atoms with van der Waals surface area (Å²) in [5, 5.41) is 14.8. The van der Waals surface area contributed by atoms with E-state index >= 15 is 0 Å². The lowest BCUT2D eigenvalue weighted by Crippen LogP contribution is -2.29. The molecule has 1 aromatic carbocycles. The second-order valence-corrected chi connectivity index (χ2v) is 7.16. The fourth-order valence-corrected chi connectivity index (χ4v) is 4.11. The van der Waals surface area contributed by atoms with Gasteiger partial charge in [-0.2, -0.15) is 0 Å². The van der Waals surface area contributed by atoms with Gasteiger partial charge in [-0.25, -0.2) is 14.8 Å². The average Bonchev–Trinajstić information content (AvgIpc) is 3.00. The van der Waals surface area contributed by atoms with Gasteiger partial charge in [-0.15, -0.1) is 12.6 Å². The molecule has 0 bridgehead atoms. The van der Waals surface area contributed by atoms with Crippen LogP contribution in [-0.4, -0.2) is 26.4 Å². The minimum absolute atomic E-state index is 0.487. The Hall–Kier alpha value is -2.19. The van der Waals surface area contributed by atoms with Gasteiger partial charge >= 0.3 is 5.97 Å². The van der Waals surface area contributed by atoms with E-state index in [2.05, 4.69) is 33.2 Å². The molecular weight excluding hydrogens is 344 g/mol. The standard InChI is InChI=1S/C16H14N4O2S2/c21-15(22)14-19-11-5-4-8-7-17-16(20-12(8)13(11)24-14)18-9-2-1-3-10(23)6-9/h1-3,6-7,14,19,23H,4-5H2,(H,21,22)(H,17,18,20). The van der Waals surface area contributed by atoms with Crippen molar-refractivity contribution >= 4 is 46.9 Å². The summed E-state index contributed by atoms with van der Waals surface area (Å²) >= 11 is 5.62. The minimum Gasteiger partial charge on any atom is -0.479 e. The molecule has 1 aromatic heterocycles. The maximum absolute atomic E-state index is 11.2. The van der Waals surface area contributed by atoms with Crippen LogP contribution in [0.2, 0.25) is 0 Å². The van der Waals surface area contributed by atoms with E-state index in [9.17, 15) is 9.90 Å². The Labute approximate surface area is 148 Å². The van der Waals surface area contributed by atoms with Gasteiger partial charge in [0, 0.05) is 22.5 Å². The van der Waals surface area contributed by atoms with Gasteiger partial charge < -0.3 is 15.7 Å². The summed E-state index contributed by atoms with van der Waals surface area (Å²) in [7, 11) is 0. The Morgan fingerprint density at radius 2 is 2.29 bits per heavy atom. The van der Waals surface area contributed by atoms with E-state index in [4.69, 9.17) is 0 Å². The number of hydrogen-bond donors (Lipinski definition) is 4. The van der Waals surface area contributed by atoms with Crippen molar-refractivity contribution in [3.05, 3.63) is 47.4 Å². The van der Waals surface area contributed by atoms with Crippen molar-refractivity contribution in [2.24, 2.45) is 0 Å². The van der Waals surface area contributed by atoms with Crippen molar-refractivity contribution in [3.8, 4) is 0 Å². The van der Waals surface area contributed by atoms with Crippen molar-refractivity contribution in [1.82, 2.24) is 15.3 Å². The number of allylic oxidation sites excluding steroid dienone is 1. The molecule has 0 amide bonds. The van der Waals surface area contributed by atoms with Crippen molar-refractivity contribution in [2.45, 2.75) is 23.1 Å². The smallest absolute Gasteiger partial charge is 0.337 e. The number of rotatable bonds is 3. The first-order valence-electron chi connectivity index (χ1n) is 7.41.